The Bertz CT molecular complexity index is 1210. The van der Waals surface area contributed by atoms with Gasteiger partial charge in [-0.25, -0.2) is 0 Å². The zero-order valence-electron chi connectivity index (χ0n) is 15.7. The number of anilines is 1. The van der Waals surface area contributed by atoms with Crippen molar-refractivity contribution >= 4 is 22.5 Å². The number of benzene rings is 2. The van der Waals surface area contributed by atoms with Crippen molar-refractivity contribution in [3.05, 3.63) is 54.6 Å². The smallest absolute Gasteiger partial charge is 0.249 e. The Kier molecular flexibility index (Phi) is 4.16. The molecule has 1 aliphatic heterocycles. The molecule has 8 heteroatoms. The number of hydrogen-bond donors (Lipinski definition) is 1. The van der Waals surface area contributed by atoms with Gasteiger partial charge in [-0.05, 0) is 18.2 Å². The first-order valence-corrected chi connectivity index (χ1v) is 9.31. The number of ether oxygens (including phenoxy) is 2. The third-order valence-electron chi connectivity index (χ3n) is 4.76. The Balaban J connectivity index is 1.42. The van der Waals surface area contributed by atoms with Crippen LogP contribution in [0.1, 0.15) is 12.8 Å². The zero-order valence-corrected chi connectivity index (χ0v) is 15.7. The molecule has 0 atom stereocenters. The van der Waals surface area contributed by atoms with Gasteiger partial charge in [-0.2, -0.15) is 0 Å². The van der Waals surface area contributed by atoms with Gasteiger partial charge in [-0.3, -0.25) is 4.79 Å². The van der Waals surface area contributed by atoms with Crippen molar-refractivity contribution in [3.63, 3.8) is 0 Å². The molecule has 0 radical (unpaired) electrons. The van der Waals surface area contributed by atoms with E-state index in [0.29, 0.717) is 35.4 Å². The van der Waals surface area contributed by atoms with Crippen LogP contribution < -0.4 is 14.8 Å². The van der Waals surface area contributed by atoms with Gasteiger partial charge in [0.05, 0.1) is 5.56 Å². The molecule has 1 N–H and O–H groups in total. The predicted octanol–water partition coefficient (Wildman–Crippen LogP) is 3.62. The van der Waals surface area contributed by atoms with Crippen molar-refractivity contribution in [2.75, 3.05) is 12.1 Å². The summed E-state index contributed by atoms with van der Waals surface area (Å²) in [6, 6.07) is 13.1. The molecule has 2 aromatic heterocycles. The molecule has 4 aromatic rings. The molecule has 8 nitrogen and oxygen atoms in total. The lowest BCUT2D eigenvalue weighted by Gasteiger charge is -2.08. The maximum atomic E-state index is 12.7. The van der Waals surface area contributed by atoms with Gasteiger partial charge in [-0.1, -0.05) is 25.1 Å². The first kappa shape index (κ1) is 17.3. The van der Waals surface area contributed by atoms with Gasteiger partial charge in [0, 0.05) is 35.3 Å². The predicted molar refractivity (Wildman–Crippen MR) is 106 cm³/mol. The number of nitrogens with one attached hydrogen (secondary N) is 1. The van der Waals surface area contributed by atoms with Crippen LogP contribution in [0, 0.1) is 0 Å². The van der Waals surface area contributed by atoms with Crippen LogP contribution in [0.15, 0.2) is 53.1 Å². The summed E-state index contributed by atoms with van der Waals surface area (Å²) in [7, 11) is 0. The number of hydrogen-bond acceptors (Lipinski definition) is 6. The number of fused-ring (bicyclic) bond motifs is 2. The minimum atomic E-state index is -0.157. The molecule has 0 saturated carbocycles. The van der Waals surface area contributed by atoms with E-state index in [1.54, 1.807) is 18.2 Å². The van der Waals surface area contributed by atoms with Crippen molar-refractivity contribution < 1.29 is 18.7 Å². The lowest BCUT2D eigenvalue weighted by molar-refractivity contribution is -0.116. The van der Waals surface area contributed by atoms with E-state index in [4.69, 9.17) is 13.9 Å². The third kappa shape index (κ3) is 3.18. The summed E-state index contributed by atoms with van der Waals surface area (Å²) >= 11 is 0. The summed E-state index contributed by atoms with van der Waals surface area (Å²) < 4.78 is 18.3. The fourth-order valence-corrected chi connectivity index (χ4v) is 3.38. The highest BCUT2D eigenvalue weighted by Crippen LogP contribution is 2.34. The van der Waals surface area contributed by atoms with Crippen molar-refractivity contribution in [1.82, 2.24) is 14.8 Å². The van der Waals surface area contributed by atoms with E-state index in [1.807, 2.05) is 42.0 Å². The Hall–Kier alpha value is -3.81. The monoisotopic (exact) mass is 390 g/mol. The number of carbonyl (C=O) groups excluding carboxylic acids is 1. The number of para-hydroxylation sites is 1. The van der Waals surface area contributed by atoms with Crippen molar-refractivity contribution in [2.24, 2.45) is 0 Å². The molecule has 0 spiro atoms. The standard InChI is InChI=1S/C21H18N4O4/c1-2-20-23-24-21(29-20)15-10-25(16-6-4-3-5-14(15)16)11-19(26)22-13-7-8-17-18(9-13)28-12-27-17/h3-10H,2,11-12H2,1H3,(H,22,26). The fourth-order valence-electron chi connectivity index (χ4n) is 3.38. The van der Waals surface area contributed by atoms with Gasteiger partial charge in [0.15, 0.2) is 11.5 Å². The maximum absolute atomic E-state index is 12.7. The third-order valence-corrected chi connectivity index (χ3v) is 4.76. The van der Waals surface area contributed by atoms with E-state index >= 15 is 0 Å². The molecular formula is C21H18N4O4. The van der Waals surface area contributed by atoms with Crippen LogP contribution >= 0.6 is 0 Å². The van der Waals surface area contributed by atoms with Crippen molar-refractivity contribution in [3.8, 4) is 23.0 Å². The highest BCUT2D eigenvalue weighted by molar-refractivity contribution is 5.96. The Morgan fingerprint density at radius 1 is 1.14 bits per heavy atom. The second-order valence-corrected chi connectivity index (χ2v) is 6.66. The molecule has 3 heterocycles. The fraction of sp³-hybridized carbons (Fsp3) is 0.190. The Morgan fingerprint density at radius 2 is 2.00 bits per heavy atom. The average molecular weight is 390 g/mol. The normalized spacial score (nSPS) is 12.4. The number of nitrogens with zero attached hydrogens (tertiary/aromatic N) is 3. The molecular weight excluding hydrogens is 372 g/mol. The molecule has 2 aromatic carbocycles. The molecule has 5 rings (SSSR count). The SMILES string of the molecule is CCc1nnc(-c2cn(CC(=O)Nc3ccc4c(c3)OCO4)c3ccccc23)o1. The highest BCUT2D eigenvalue weighted by Gasteiger charge is 2.18. The number of aromatic nitrogens is 3. The van der Waals surface area contributed by atoms with E-state index in [9.17, 15) is 4.79 Å². The lowest BCUT2D eigenvalue weighted by atomic mass is 10.2. The zero-order chi connectivity index (χ0) is 19.8. The largest absolute Gasteiger partial charge is 0.454 e. The molecule has 0 bridgehead atoms. The number of amides is 1. The van der Waals surface area contributed by atoms with E-state index in [0.717, 1.165) is 16.5 Å². The van der Waals surface area contributed by atoms with E-state index < -0.39 is 0 Å². The average Bonchev–Trinajstić information content (AvgIpc) is 3.46. The molecule has 0 saturated heterocycles. The van der Waals surface area contributed by atoms with E-state index in [2.05, 4.69) is 15.5 Å². The summed E-state index contributed by atoms with van der Waals surface area (Å²) in [5.74, 6) is 2.18. The van der Waals surface area contributed by atoms with Gasteiger partial charge in [-0.15, -0.1) is 10.2 Å². The molecule has 0 unspecified atom stereocenters. The number of carbonyl (C=O) groups is 1. The second-order valence-electron chi connectivity index (χ2n) is 6.66. The van der Waals surface area contributed by atoms with Crippen LogP contribution in [0.4, 0.5) is 5.69 Å². The summed E-state index contributed by atoms with van der Waals surface area (Å²) in [5, 5.41) is 12.0. The molecule has 29 heavy (non-hydrogen) atoms. The molecule has 1 amide bonds. The van der Waals surface area contributed by atoms with Crippen molar-refractivity contribution in [2.45, 2.75) is 19.9 Å². The van der Waals surface area contributed by atoms with Crippen molar-refractivity contribution in [1.29, 1.82) is 0 Å². The first-order chi connectivity index (χ1) is 14.2. The maximum Gasteiger partial charge on any atom is 0.249 e. The van der Waals surface area contributed by atoms with Gasteiger partial charge in [0.25, 0.3) is 0 Å². The topological polar surface area (TPSA) is 91.4 Å². The second kappa shape index (κ2) is 6.97. The highest BCUT2D eigenvalue weighted by atomic mass is 16.7. The van der Waals surface area contributed by atoms with E-state index in [1.165, 1.54) is 0 Å². The van der Waals surface area contributed by atoms with Crippen LogP contribution in [-0.4, -0.2) is 27.5 Å². The molecule has 146 valence electrons. The summed E-state index contributed by atoms with van der Waals surface area (Å²) in [4.78, 5) is 12.7. The Morgan fingerprint density at radius 3 is 2.86 bits per heavy atom. The molecule has 0 fully saturated rings. The van der Waals surface area contributed by atoms with Gasteiger partial charge in [0.1, 0.15) is 6.54 Å². The Labute approximate surface area is 166 Å². The first-order valence-electron chi connectivity index (χ1n) is 9.31. The number of rotatable bonds is 5. The minimum Gasteiger partial charge on any atom is -0.454 e. The van der Waals surface area contributed by atoms with Gasteiger partial charge in [0.2, 0.25) is 24.5 Å². The van der Waals surface area contributed by atoms with Crippen LogP contribution in [0.2, 0.25) is 0 Å². The van der Waals surface area contributed by atoms with Crippen LogP contribution in [0.5, 0.6) is 11.5 Å². The minimum absolute atomic E-state index is 0.143. The summed E-state index contributed by atoms with van der Waals surface area (Å²) in [6.45, 7) is 2.30. The summed E-state index contributed by atoms with van der Waals surface area (Å²) in [6.07, 6.45) is 2.54. The van der Waals surface area contributed by atoms with Gasteiger partial charge >= 0.3 is 0 Å². The molecule has 0 aliphatic carbocycles. The van der Waals surface area contributed by atoms with Crippen LogP contribution in [0.25, 0.3) is 22.4 Å². The van der Waals surface area contributed by atoms with Crippen LogP contribution in [0.3, 0.4) is 0 Å². The number of aryl methyl sites for hydroxylation is 1. The lowest BCUT2D eigenvalue weighted by Crippen LogP contribution is -2.18. The summed E-state index contributed by atoms with van der Waals surface area (Å²) in [5.41, 5.74) is 2.38. The van der Waals surface area contributed by atoms with Gasteiger partial charge < -0.3 is 23.8 Å². The van der Waals surface area contributed by atoms with Crippen LogP contribution in [-0.2, 0) is 17.8 Å². The quantitative estimate of drug-likeness (QED) is 0.560. The van der Waals surface area contributed by atoms with E-state index in [-0.39, 0.29) is 19.2 Å². The molecule has 1 aliphatic rings.